The van der Waals surface area contributed by atoms with Crippen molar-refractivity contribution in [3.63, 3.8) is 0 Å². The molecule has 10 nitrogen and oxygen atoms in total. The molecule has 0 radical (unpaired) electrons. The molecule has 2 aromatic heterocycles. The summed E-state index contributed by atoms with van der Waals surface area (Å²) in [5.74, 6) is -1.28. The zero-order valence-corrected chi connectivity index (χ0v) is 21.1. The van der Waals surface area contributed by atoms with Gasteiger partial charge in [-0.3, -0.25) is 19.0 Å². The van der Waals surface area contributed by atoms with E-state index < -0.39 is 23.3 Å². The lowest BCUT2D eigenvalue weighted by molar-refractivity contribution is -0.122. The van der Waals surface area contributed by atoms with Gasteiger partial charge in [-0.2, -0.15) is 0 Å². The Balaban J connectivity index is 1.36. The van der Waals surface area contributed by atoms with Crippen LogP contribution in [0.5, 0.6) is 0 Å². The van der Waals surface area contributed by atoms with Gasteiger partial charge in [0.1, 0.15) is 6.54 Å². The number of nitrogens with two attached hydrogens (primary N) is 1. The largest absolute Gasteiger partial charge is 0.417 e. The Morgan fingerprint density at radius 3 is 2.34 bits per heavy atom. The molecule has 2 aromatic carbocycles. The number of benzene rings is 2. The Bertz CT molecular complexity index is 1520. The maximum Gasteiger partial charge on any atom is 0.294 e. The quantitative estimate of drug-likeness (QED) is 0.326. The maximum absolute atomic E-state index is 13.4. The third kappa shape index (κ3) is 4.72. The van der Waals surface area contributed by atoms with Crippen molar-refractivity contribution < 1.29 is 14.0 Å². The highest BCUT2D eigenvalue weighted by atomic mass is 16.4. The molecule has 4 aromatic rings. The number of amides is 1. The lowest BCUT2D eigenvalue weighted by Crippen LogP contribution is -2.46. The summed E-state index contributed by atoms with van der Waals surface area (Å²) in [5, 5.41) is 11.0. The number of hydrogen-bond donors (Lipinski definition) is 2. The van der Waals surface area contributed by atoms with Crippen LogP contribution in [-0.2, 0) is 16.8 Å². The van der Waals surface area contributed by atoms with E-state index >= 15 is 0 Å². The highest BCUT2D eigenvalue weighted by Crippen LogP contribution is 2.52. The van der Waals surface area contributed by atoms with Crippen molar-refractivity contribution in [2.45, 2.75) is 44.7 Å². The van der Waals surface area contributed by atoms with Crippen molar-refractivity contribution in [2.75, 3.05) is 5.73 Å². The van der Waals surface area contributed by atoms with Crippen molar-refractivity contribution in [3.05, 3.63) is 94.6 Å². The number of nitrogens with one attached hydrogen (secondary N) is 1. The lowest BCUT2D eigenvalue weighted by atomic mass is 9.96. The molecular weight excluding hydrogens is 484 g/mol. The van der Waals surface area contributed by atoms with Crippen LogP contribution in [0.25, 0.3) is 11.3 Å². The second-order valence-electron chi connectivity index (χ2n) is 9.80. The summed E-state index contributed by atoms with van der Waals surface area (Å²) in [6.45, 7) is 3.26. The van der Waals surface area contributed by atoms with Crippen molar-refractivity contribution in [1.29, 1.82) is 0 Å². The number of hydrogen-bond acceptors (Lipinski definition) is 8. The first kappa shape index (κ1) is 25.1. The SMILES string of the molecule is CC(C)[C@@H](NC(=O)Cn1c(-c2ccccc2)cnc(N)c1=O)C(=O)c1nnc(C2(c3ccccc3)CC2)o1. The number of nitrogen functional groups attached to an aromatic ring is 1. The minimum absolute atomic E-state index is 0.156. The van der Waals surface area contributed by atoms with Gasteiger partial charge >= 0.3 is 0 Å². The molecule has 0 saturated heterocycles. The highest BCUT2D eigenvalue weighted by Gasteiger charge is 2.51. The van der Waals surface area contributed by atoms with Crippen LogP contribution in [0.2, 0.25) is 0 Å². The van der Waals surface area contributed by atoms with Crippen LogP contribution in [0.1, 0.15) is 48.8 Å². The second-order valence-corrected chi connectivity index (χ2v) is 9.80. The van der Waals surface area contributed by atoms with E-state index in [2.05, 4.69) is 20.5 Å². The first-order chi connectivity index (χ1) is 18.3. The van der Waals surface area contributed by atoms with Crippen molar-refractivity contribution in [1.82, 2.24) is 25.1 Å². The van der Waals surface area contributed by atoms with E-state index in [9.17, 15) is 14.4 Å². The smallest absolute Gasteiger partial charge is 0.294 e. The molecule has 1 aliphatic carbocycles. The fourth-order valence-electron chi connectivity index (χ4n) is 4.55. The molecule has 1 fully saturated rings. The van der Waals surface area contributed by atoms with Gasteiger partial charge in [0.25, 0.3) is 11.4 Å². The lowest BCUT2D eigenvalue weighted by Gasteiger charge is -2.20. The van der Waals surface area contributed by atoms with E-state index in [1.165, 1.54) is 10.8 Å². The summed E-state index contributed by atoms with van der Waals surface area (Å²) < 4.78 is 7.11. The summed E-state index contributed by atoms with van der Waals surface area (Å²) in [7, 11) is 0. The first-order valence-electron chi connectivity index (χ1n) is 12.4. The van der Waals surface area contributed by atoms with Crippen molar-refractivity contribution in [2.24, 2.45) is 5.92 Å². The summed E-state index contributed by atoms with van der Waals surface area (Å²) in [5.41, 5.74) is 6.98. The molecule has 3 N–H and O–H groups in total. The second kappa shape index (κ2) is 10.0. The van der Waals surface area contributed by atoms with Gasteiger partial charge in [0.15, 0.2) is 5.82 Å². The van der Waals surface area contributed by atoms with Crippen LogP contribution in [0.4, 0.5) is 5.82 Å². The van der Waals surface area contributed by atoms with E-state index in [4.69, 9.17) is 10.2 Å². The molecular formula is C28H28N6O4. The molecule has 10 heteroatoms. The number of carbonyl (C=O) groups is 2. The van der Waals surface area contributed by atoms with Gasteiger partial charge in [0, 0.05) is 0 Å². The number of rotatable bonds is 9. The Morgan fingerprint density at radius 1 is 1.05 bits per heavy atom. The van der Waals surface area contributed by atoms with Gasteiger partial charge in [0.2, 0.25) is 17.6 Å². The van der Waals surface area contributed by atoms with E-state index in [0.29, 0.717) is 17.1 Å². The fraction of sp³-hybridized carbons (Fsp3) is 0.286. The van der Waals surface area contributed by atoms with Crippen molar-refractivity contribution >= 4 is 17.5 Å². The molecule has 194 valence electrons. The number of carbonyl (C=O) groups excluding carboxylic acids is 2. The molecule has 1 saturated carbocycles. The summed E-state index contributed by atoms with van der Waals surface area (Å²) in [4.78, 5) is 43.2. The molecule has 38 heavy (non-hydrogen) atoms. The predicted molar refractivity (Wildman–Crippen MR) is 140 cm³/mol. The topological polar surface area (TPSA) is 146 Å². The normalized spacial score (nSPS) is 14.7. The van der Waals surface area contributed by atoms with Gasteiger partial charge in [-0.15, -0.1) is 10.2 Å². The molecule has 0 aliphatic heterocycles. The minimum Gasteiger partial charge on any atom is -0.417 e. The molecule has 1 amide bonds. The highest BCUT2D eigenvalue weighted by molar-refractivity contribution is 5.98. The number of nitrogens with zero attached hydrogens (tertiary/aromatic N) is 4. The molecule has 1 atom stereocenters. The average Bonchev–Trinajstić information content (AvgIpc) is 3.59. The zero-order valence-electron chi connectivity index (χ0n) is 21.1. The zero-order chi connectivity index (χ0) is 26.9. The number of anilines is 1. The Hall–Kier alpha value is -4.60. The fourth-order valence-corrected chi connectivity index (χ4v) is 4.55. The van der Waals surface area contributed by atoms with E-state index in [0.717, 1.165) is 18.4 Å². The van der Waals surface area contributed by atoms with Crippen LogP contribution in [-0.4, -0.2) is 37.5 Å². The standard InChI is InChI=1S/C28H28N6O4/c1-17(2)22(23(36)25-32-33-27(38-25)28(13-14-28)19-11-7-4-8-12-19)31-21(35)16-34-20(15-30-24(29)26(34)37)18-9-5-3-6-10-18/h3-12,15,17,22H,13-14,16H2,1-2H3,(H2,29,30)(H,31,35)/t22-/m1/s1. The molecule has 1 aliphatic rings. The van der Waals surface area contributed by atoms with Crippen LogP contribution < -0.4 is 16.6 Å². The van der Waals surface area contributed by atoms with Gasteiger partial charge in [0.05, 0.1) is 23.3 Å². The van der Waals surface area contributed by atoms with E-state index in [1.54, 1.807) is 26.0 Å². The Kier molecular flexibility index (Phi) is 6.62. The Labute approximate surface area is 218 Å². The summed E-state index contributed by atoms with van der Waals surface area (Å²) in [6, 6.07) is 18.0. The summed E-state index contributed by atoms with van der Waals surface area (Å²) in [6.07, 6.45) is 3.15. The minimum atomic E-state index is -0.933. The van der Waals surface area contributed by atoms with E-state index in [1.807, 2.05) is 48.5 Å². The monoisotopic (exact) mass is 512 g/mol. The first-order valence-corrected chi connectivity index (χ1v) is 12.4. The molecule has 0 spiro atoms. The molecule has 0 unspecified atom stereocenters. The maximum atomic E-state index is 13.4. The van der Waals surface area contributed by atoms with Gasteiger partial charge in [-0.25, -0.2) is 4.98 Å². The average molecular weight is 513 g/mol. The van der Waals surface area contributed by atoms with Crippen molar-refractivity contribution in [3.8, 4) is 11.3 Å². The van der Waals surface area contributed by atoms with Crippen LogP contribution in [0.3, 0.4) is 0 Å². The number of Topliss-reactive ketones (excluding diaryl/α,β-unsaturated/α-hetero) is 1. The third-order valence-electron chi connectivity index (χ3n) is 6.84. The third-order valence-corrected chi connectivity index (χ3v) is 6.84. The van der Waals surface area contributed by atoms with Gasteiger partial charge in [-0.05, 0) is 29.9 Å². The predicted octanol–water partition coefficient (Wildman–Crippen LogP) is 2.98. The van der Waals surface area contributed by atoms with Crippen LogP contribution >= 0.6 is 0 Å². The Morgan fingerprint density at radius 2 is 1.71 bits per heavy atom. The molecule has 2 heterocycles. The molecule has 5 rings (SSSR count). The number of ketones is 1. The van der Waals surface area contributed by atoms with Gasteiger partial charge < -0.3 is 15.5 Å². The number of aromatic nitrogens is 4. The van der Waals surface area contributed by atoms with Crippen LogP contribution in [0.15, 0.2) is 76.1 Å². The summed E-state index contributed by atoms with van der Waals surface area (Å²) >= 11 is 0. The van der Waals surface area contributed by atoms with E-state index in [-0.39, 0.29) is 29.6 Å². The van der Waals surface area contributed by atoms with Crippen LogP contribution in [0, 0.1) is 5.92 Å². The molecule has 0 bridgehead atoms. The van der Waals surface area contributed by atoms with Gasteiger partial charge in [-0.1, -0.05) is 74.5 Å².